The first-order valence-corrected chi connectivity index (χ1v) is 6.33. The summed E-state index contributed by atoms with van der Waals surface area (Å²) < 4.78 is 0. The zero-order valence-corrected chi connectivity index (χ0v) is 10.5. The molecule has 94 valence electrons. The second-order valence-electron chi connectivity index (χ2n) is 4.80. The molecule has 0 atom stereocenters. The van der Waals surface area contributed by atoms with Crippen LogP contribution in [0.2, 0.25) is 0 Å². The van der Waals surface area contributed by atoms with E-state index in [1.165, 1.54) is 6.20 Å². The Morgan fingerprint density at radius 3 is 2.05 bits per heavy atom. The average Bonchev–Trinajstić information content (AvgIpc) is 2.51. The van der Waals surface area contributed by atoms with Crippen molar-refractivity contribution in [2.24, 2.45) is 0 Å². The van der Waals surface area contributed by atoms with Gasteiger partial charge in [0.1, 0.15) is 5.69 Å². The van der Waals surface area contributed by atoms with E-state index < -0.39 is 0 Å². The van der Waals surface area contributed by atoms with Gasteiger partial charge in [-0.2, -0.15) is 0 Å². The molecule has 0 unspecified atom stereocenters. The summed E-state index contributed by atoms with van der Waals surface area (Å²) in [6.45, 7) is 0. The number of pyridine rings is 1. The molecule has 1 aromatic heterocycles. The molecule has 4 rings (SSSR count). The average molecular weight is 259 g/mol. The maximum absolute atomic E-state index is 12.5. The van der Waals surface area contributed by atoms with Crippen LogP contribution in [0.3, 0.4) is 0 Å². The first kappa shape index (κ1) is 11.1. The number of ketones is 2. The van der Waals surface area contributed by atoms with Gasteiger partial charge < -0.3 is 0 Å². The second kappa shape index (κ2) is 3.84. The van der Waals surface area contributed by atoms with Crippen molar-refractivity contribution in [1.82, 2.24) is 4.98 Å². The highest BCUT2D eigenvalue weighted by atomic mass is 16.1. The van der Waals surface area contributed by atoms with E-state index in [1.54, 1.807) is 24.3 Å². The minimum Gasteiger partial charge on any atom is -0.288 e. The monoisotopic (exact) mass is 259 g/mol. The van der Waals surface area contributed by atoms with Crippen LogP contribution in [-0.4, -0.2) is 16.6 Å². The number of hydrogen-bond acceptors (Lipinski definition) is 3. The third-order valence-corrected chi connectivity index (χ3v) is 3.64. The Morgan fingerprint density at radius 2 is 1.35 bits per heavy atom. The third-order valence-electron chi connectivity index (χ3n) is 3.64. The van der Waals surface area contributed by atoms with Crippen molar-refractivity contribution < 1.29 is 9.59 Å². The summed E-state index contributed by atoms with van der Waals surface area (Å²) in [4.78, 5) is 29.0. The molecular formula is C17H9NO2. The molecule has 0 aliphatic heterocycles. The van der Waals surface area contributed by atoms with Crippen LogP contribution >= 0.6 is 0 Å². The van der Waals surface area contributed by atoms with Crippen molar-refractivity contribution in [3.8, 4) is 0 Å². The number of carbonyl (C=O) groups excluding carboxylic acids is 2. The van der Waals surface area contributed by atoms with Gasteiger partial charge in [-0.25, -0.2) is 0 Å². The van der Waals surface area contributed by atoms with Gasteiger partial charge in [0.05, 0.1) is 5.56 Å². The van der Waals surface area contributed by atoms with Gasteiger partial charge in [-0.3, -0.25) is 14.6 Å². The van der Waals surface area contributed by atoms with Crippen molar-refractivity contribution in [3.05, 3.63) is 77.1 Å². The van der Waals surface area contributed by atoms with Crippen LogP contribution in [0.15, 0.2) is 54.7 Å². The highest BCUT2D eigenvalue weighted by Gasteiger charge is 2.30. The number of hydrogen-bond donors (Lipinski definition) is 0. The van der Waals surface area contributed by atoms with Gasteiger partial charge in [-0.1, -0.05) is 24.3 Å². The van der Waals surface area contributed by atoms with Gasteiger partial charge in [-0.05, 0) is 35.0 Å². The van der Waals surface area contributed by atoms with E-state index in [9.17, 15) is 9.59 Å². The second-order valence-corrected chi connectivity index (χ2v) is 4.80. The summed E-state index contributed by atoms with van der Waals surface area (Å²) in [7, 11) is 0. The Bertz CT molecular complexity index is 823. The zero-order chi connectivity index (χ0) is 13.7. The van der Waals surface area contributed by atoms with Crippen LogP contribution in [0.25, 0.3) is 10.8 Å². The van der Waals surface area contributed by atoms with Gasteiger partial charge in [-0.15, -0.1) is 0 Å². The number of carbonyl (C=O) groups is 2. The molecule has 3 aromatic rings. The number of benzene rings is 2. The van der Waals surface area contributed by atoms with E-state index in [4.69, 9.17) is 0 Å². The van der Waals surface area contributed by atoms with Gasteiger partial charge >= 0.3 is 0 Å². The Labute approximate surface area is 114 Å². The third kappa shape index (κ3) is 1.37. The van der Waals surface area contributed by atoms with Crippen LogP contribution in [0, 0.1) is 0 Å². The number of rotatable bonds is 0. The van der Waals surface area contributed by atoms with E-state index in [-0.39, 0.29) is 17.3 Å². The molecule has 1 aliphatic rings. The summed E-state index contributed by atoms with van der Waals surface area (Å²) in [6.07, 6.45) is 1.54. The topological polar surface area (TPSA) is 47.0 Å². The van der Waals surface area contributed by atoms with Crippen molar-refractivity contribution in [1.29, 1.82) is 0 Å². The Morgan fingerprint density at radius 1 is 0.700 bits per heavy atom. The molecule has 0 fully saturated rings. The molecule has 0 saturated heterocycles. The first-order chi connectivity index (χ1) is 9.75. The molecular weight excluding hydrogens is 250 g/mol. The normalized spacial score (nSPS) is 13.2. The Hall–Kier alpha value is -2.81. The summed E-state index contributed by atoms with van der Waals surface area (Å²) in [5.74, 6) is -0.311. The van der Waals surface area contributed by atoms with Crippen LogP contribution in [0.4, 0.5) is 0 Å². The van der Waals surface area contributed by atoms with E-state index in [0.29, 0.717) is 16.7 Å². The van der Waals surface area contributed by atoms with Crippen LogP contribution in [0.1, 0.15) is 32.0 Å². The molecule has 0 amide bonds. The molecule has 0 bridgehead atoms. The minimum atomic E-state index is -0.180. The maximum atomic E-state index is 12.5. The molecule has 3 nitrogen and oxygen atoms in total. The lowest BCUT2D eigenvalue weighted by Crippen LogP contribution is -2.22. The lowest BCUT2D eigenvalue weighted by molar-refractivity contribution is 0.0975. The van der Waals surface area contributed by atoms with E-state index in [2.05, 4.69) is 4.98 Å². The van der Waals surface area contributed by atoms with Gasteiger partial charge in [0.2, 0.25) is 5.78 Å². The van der Waals surface area contributed by atoms with Gasteiger partial charge in [0.15, 0.2) is 5.78 Å². The standard InChI is InChI=1S/C17H9NO2/c19-16-12-6-3-7-18-15(12)17(20)14-9-11-5-2-1-4-10(11)8-13(14)16/h1-9H. The van der Waals surface area contributed by atoms with Crippen molar-refractivity contribution >= 4 is 22.3 Å². The maximum Gasteiger partial charge on any atom is 0.212 e. The van der Waals surface area contributed by atoms with Gasteiger partial charge in [0.25, 0.3) is 0 Å². The fraction of sp³-hybridized carbons (Fsp3) is 0. The van der Waals surface area contributed by atoms with E-state index in [0.717, 1.165) is 10.8 Å². The largest absolute Gasteiger partial charge is 0.288 e. The number of nitrogens with zero attached hydrogens (tertiary/aromatic N) is 1. The summed E-state index contributed by atoms with van der Waals surface area (Å²) in [5.41, 5.74) is 1.55. The number of fused-ring (bicyclic) bond motifs is 3. The van der Waals surface area contributed by atoms with Crippen LogP contribution in [-0.2, 0) is 0 Å². The minimum absolute atomic E-state index is 0.131. The SMILES string of the molecule is O=C1c2cc3ccccc3cc2C(=O)c2ncccc21. The molecule has 2 aromatic carbocycles. The quantitative estimate of drug-likeness (QED) is 0.487. The molecule has 0 radical (unpaired) electrons. The smallest absolute Gasteiger partial charge is 0.212 e. The molecule has 3 heteroatoms. The molecule has 0 spiro atoms. The zero-order valence-electron chi connectivity index (χ0n) is 10.5. The molecule has 0 saturated carbocycles. The van der Waals surface area contributed by atoms with E-state index >= 15 is 0 Å². The fourth-order valence-corrected chi connectivity index (χ4v) is 2.66. The highest BCUT2D eigenvalue weighted by Crippen LogP contribution is 2.29. The van der Waals surface area contributed by atoms with E-state index in [1.807, 2.05) is 24.3 Å². The Kier molecular flexibility index (Phi) is 2.12. The first-order valence-electron chi connectivity index (χ1n) is 6.33. The van der Waals surface area contributed by atoms with Crippen LogP contribution < -0.4 is 0 Å². The predicted molar refractivity (Wildman–Crippen MR) is 75.1 cm³/mol. The Balaban J connectivity index is 2.08. The van der Waals surface area contributed by atoms with Crippen LogP contribution in [0.5, 0.6) is 0 Å². The molecule has 20 heavy (non-hydrogen) atoms. The summed E-state index contributed by atoms with van der Waals surface area (Å²) >= 11 is 0. The molecule has 1 aliphatic carbocycles. The summed E-state index contributed by atoms with van der Waals surface area (Å²) in [6, 6.07) is 14.6. The lowest BCUT2D eigenvalue weighted by atomic mass is 9.85. The summed E-state index contributed by atoms with van der Waals surface area (Å²) in [5, 5.41) is 1.91. The fourth-order valence-electron chi connectivity index (χ4n) is 2.66. The molecule has 1 heterocycles. The molecule has 0 N–H and O–H groups in total. The van der Waals surface area contributed by atoms with Gasteiger partial charge in [0, 0.05) is 17.3 Å². The van der Waals surface area contributed by atoms with Crippen molar-refractivity contribution in [2.45, 2.75) is 0 Å². The van der Waals surface area contributed by atoms with Crippen molar-refractivity contribution in [3.63, 3.8) is 0 Å². The lowest BCUT2D eigenvalue weighted by Gasteiger charge is -2.17. The van der Waals surface area contributed by atoms with Crippen molar-refractivity contribution in [2.75, 3.05) is 0 Å². The number of aromatic nitrogens is 1. The highest BCUT2D eigenvalue weighted by molar-refractivity contribution is 6.28. The predicted octanol–water partition coefficient (Wildman–Crippen LogP) is 3.01.